The number of amides is 4. The van der Waals surface area contributed by atoms with Crippen LogP contribution in [0.15, 0.2) is 42.7 Å². The van der Waals surface area contributed by atoms with Crippen LogP contribution in [0, 0.1) is 36.3 Å². The summed E-state index contributed by atoms with van der Waals surface area (Å²) in [4.78, 5) is 64.7. The number of pyridine rings is 2. The van der Waals surface area contributed by atoms with Gasteiger partial charge in [0.05, 0.1) is 12.2 Å². The van der Waals surface area contributed by atoms with Crippen LogP contribution in [0.3, 0.4) is 0 Å². The van der Waals surface area contributed by atoms with E-state index in [0.717, 1.165) is 43.7 Å². The summed E-state index contributed by atoms with van der Waals surface area (Å²) in [6.45, 7) is 7.08. The smallest absolute Gasteiger partial charge is 0.413 e. The number of carbonyl (C=O) groups excluding carboxylic acids is 4. The van der Waals surface area contributed by atoms with Gasteiger partial charge in [0.1, 0.15) is 36.1 Å². The van der Waals surface area contributed by atoms with E-state index in [1.807, 2.05) is 11.8 Å². The first-order valence-electron chi connectivity index (χ1n) is 20.0. The van der Waals surface area contributed by atoms with Crippen LogP contribution in [-0.2, 0) is 20.9 Å². The highest BCUT2D eigenvalue weighted by Crippen LogP contribution is 2.48. The van der Waals surface area contributed by atoms with Crippen molar-refractivity contribution in [2.45, 2.75) is 51.3 Å². The molecule has 2 unspecified atom stereocenters. The number of aromatic nitrogens is 2. The Kier molecular flexibility index (Phi) is 8.91. The highest BCUT2D eigenvalue weighted by atomic mass is 19.1. The minimum absolute atomic E-state index is 0.00731. The van der Waals surface area contributed by atoms with Crippen molar-refractivity contribution in [3.05, 3.63) is 71.1 Å². The number of benzene rings is 2. The van der Waals surface area contributed by atoms with Gasteiger partial charge in [-0.25, -0.2) is 23.5 Å². The third kappa shape index (κ3) is 6.43. The number of rotatable bonds is 7. The zero-order valence-corrected chi connectivity index (χ0v) is 31.9. The maximum atomic E-state index is 15.9. The lowest BCUT2D eigenvalue weighted by molar-refractivity contribution is -0.136. The number of hydrogen-bond donors (Lipinski definition) is 3. The summed E-state index contributed by atoms with van der Waals surface area (Å²) in [6.07, 6.45) is 4.59. The van der Waals surface area contributed by atoms with Gasteiger partial charge in [-0.2, -0.15) is 0 Å². The van der Waals surface area contributed by atoms with Gasteiger partial charge in [-0.3, -0.25) is 25.0 Å². The van der Waals surface area contributed by atoms with Crippen LogP contribution in [0.4, 0.5) is 30.8 Å². The standard InChI is InChI=1S/C42H42F2N8O6/c1-21-27(16-47-40-37(21)45-8-11-57-40)26-12-23-14-34(46-15-24(23)13-31(26)43)48-42(56)58-38-29-18-50(19-30(29)38)17-22-6-9-51(10-7-22)32-3-2-25-28(36(32)44)20-52(41(25)55)33-4-5-35(53)49-39(33)54/h2-3,12-16,22,29-30,33,38,45H,4-11,17-20H2,1H3,(H,46,48,56)(H,49,53,54)/t29-,30+,33?,38?. The number of nitrogens with one attached hydrogen (secondary N) is 3. The first kappa shape index (κ1) is 36.4. The van der Waals surface area contributed by atoms with Crippen molar-refractivity contribution in [2.75, 3.05) is 61.4 Å². The molecule has 6 aliphatic rings. The van der Waals surface area contributed by atoms with E-state index in [2.05, 4.69) is 30.8 Å². The molecule has 0 bridgehead atoms. The van der Waals surface area contributed by atoms with E-state index in [9.17, 15) is 19.2 Å². The van der Waals surface area contributed by atoms with Crippen molar-refractivity contribution in [3.63, 3.8) is 0 Å². The minimum Gasteiger partial charge on any atom is -0.474 e. The van der Waals surface area contributed by atoms with Gasteiger partial charge >= 0.3 is 6.09 Å². The summed E-state index contributed by atoms with van der Waals surface area (Å²) in [5.74, 6) is -0.265. The molecule has 10 rings (SSSR count). The molecule has 0 radical (unpaired) electrons. The van der Waals surface area contributed by atoms with Gasteiger partial charge in [-0.15, -0.1) is 0 Å². The van der Waals surface area contributed by atoms with Gasteiger partial charge < -0.3 is 29.5 Å². The van der Waals surface area contributed by atoms with E-state index in [1.165, 1.54) is 17.2 Å². The lowest BCUT2D eigenvalue weighted by Crippen LogP contribution is -2.52. The summed E-state index contributed by atoms with van der Waals surface area (Å²) in [5, 5.41) is 9.64. The van der Waals surface area contributed by atoms with Crippen molar-refractivity contribution in [2.24, 2.45) is 17.8 Å². The molecule has 4 aromatic rings. The normalized spacial score (nSPS) is 24.2. The molecule has 300 valence electrons. The number of halogens is 2. The molecule has 16 heteroatoms. The number of imide groups is 1. The van der Waals surface area contributed by atoms with Crippen LogP contribution < -0.4 is 25.6 Å². The number of likely N-dealkylation sites (tertiary alicyclic amines) is 1. The summed E-state index contributed by atoms with van der Waals surface area (Å²) in [7, 11) is 0. The molecule has 2 aromatic carbocycles. The van der Waals surface area contributed by atoms with E-state index in [-0.39, 0.29) is 54.7 Å². The van der Waals surface area contributed by atoms with Crippen LogP contribution >= 0.6 is 0 Å². The number of nitrogens with zero attached hydrogens (tertiary/aromatic N) is 5. The number of carbonyl (C=O) groups is 4. The molecule has 0 spiro atoms. The fourth-order valence-electron chi connectivity index (χ4n) is 9.63. The molecular formula is C42H42F2N8O6. The Balaban J connectivity index is 0.704. The molecule has 1 aliphatic carbocycles. The largest absolute Gasteiger partial charge is 0.474 e. The third-order valence-corrected chi connectivity index (χ3v) is 12.8. The average molecular weight is 793 g/mol. The Morgan fingerprint density at radius 3 is 2.59 bits per heavy atom. The van der Waals surface area contributed by atoms with E-state index < -0.39 is 29.7 Å². The monoisotopic (exact) mass is 792 g/mol. The summed E-state index contributed by atoms with van der Waals surface area (Å²) in [6, 6.07) is 7.42. The predicted octanol–water partition coefficient (Wildman–Crippen LogP) is 4.84. The summed E-state index contributed by atoms with van der Waals surface area (Å²) < 4.78 is 42.7. The SMILES string of the molecule is Cc1c(-c2cc3cc(NC(=O)OC4[C@H]5CN(CC6CCN(c7ccc8c(c7F)CN(C7CCC(=O)NC7=O)C8=O)CC6)C[C@@H]45)ncc3cc2F)cnc2c1NCCO2. The first-order valence-corrected chi connectivity index (χ1v) is 20.0. The Bertz CT molecular complexity index is 2390. The average Bonchev–Trinajstić information content (AvgIpc) is 3.47. The maximum absolute atomic E-state index is 15.9. The molecular weight excluding hydrogens is 751 g/mol. The van der Waals surface area contributed by atoms with Crippen LogP contribution in [0.5, 0.6) is 5.88 Å². The number of piperidine rings is 3. The zero-order chi connectivity index (χ0) is 39.8. The highest BCUT2D eigenvalue weighted by molar-refractivity contribution is 6.05. The molecule has 3 N–H and O–H groups in total. The van der Waals surface area contributed by atoms with E-state index in [0.29, 0.717) is 77.0 Å². The Morgan fingerprint density at radius 1 is 0.983 bits per heavy atom. The lowest BCUT2D eigenvalue weighted by Gasteiger charge is -2.36. The second-order valence-corrected chi connectivity index (χ2v) is 16.3. The molecule has 58 heavy (non-hydrogen) atoms. The molecule has 5 aliphatic heterocycles. The van der Waals surface area contributed by atoms with Crippen molar-refractivity contribution >= 4 is 51.8 Å². The van der Waals surface area contributed by atoms with Gasteiger partial charge in [0, 0.05) is 97.6 Å². The quantitative estimate of drug-likeness (QED) is 0.220. The van der Waals surface area contributed by atoms with Crippen LogP contribution in [0.2, 0.25) is 0 Å². The number of fused-ring (bicyclic) bond motifs is 4. The zero-order valence-electron chi connectivity index (χ0n) is 31.9. The summed E-state index contributed by atoms with van der Waals surface area (Å²) in [5.41, 5.74) is 3.68. The van der Waals surface area contributed by atoms with Gasteiger partial charge in [-0.05, 0) is 73.4 Å². The molecule has 1 saturated carbocycles. The topological polar surface area (TPSA) is 158 Å². The van der Waals surface area contributed by atoms with Gasteiger partial charge in [0.15, 0.2) is 5.82 Å². The number of anilines is 3. The molecule has 4 amide bonds. The van der Waals surface area contributed by atoms with E-state index in [4.69, 9.17) is 9.47 Å². The van der Waals surface area contributed by atoms with Crippen molar-refractivity contribution in [1.29, 1.82) is 0 Å². The number of hydrogen-bond acceptors (Lipinski definition) is 11. The number of ether oxygens (including phenoxy) is 2. The van der Waals surface area contributed by atoms with E-state index in [1.54, 1.807) is 30.5 Å². The van der Waals surface area contributed by atoms with Crippen LogP contribution in [-0.4, -0.2) is 102 Å². The Hall–Kier alpha value is -5.90. The van der Waals surface area contributed by atoms with Crippen LogP contribution in [0.25, 0.3) is 21.9 Å². The van der Waals surface area contributed by atoms with Crippen molar-refractivity contribution < 1.29 is 37.4 Å². The molecule has 7 heterocycles. The molecule has 14 nitrogen and oxygen atoms in total. The van der Waals surface area contributed by atoms with Gasteiger partial charge in [0.25, 0.3) is 5.91 Å². The maximum Gasteiger partial charge on any atom is 0.413 e. The second kappa shape index (κ2) is 14.2. The van der Waals surface area contributed by atoms with Crippen LogP contribution in [0.1, 0.15) is 47.2 Å². The first-order chi connectivity index (χ1) is 28.1. The second-order valence-electron chi connectivity index (χ2n) is 16.3. The van der Waals surface area contributed by atoms with Crippen molar-refractivity contribution in [3.8, 4) is 17.0 Å². The Morgan fingerprint density at radius 2 is 1.79 bits per heavy atom. The minimum atomic E-state index is -0.785. The Labute approximate surface area is 332 Å². The predicted molar refractivity (Wildman–Crippen MR) is 208 cm³/mol. The third-order valence-electron chi connectivity index (χ3n) is 12.8. The van der Waals surface area contributed by atoms with Gasteiger partial charge in [-0.1, -0.05) is 0 Å². The fraction of sp³-hybridized carbons (Fsp3) is 0.429. The van der Waals surface area contributed by atoms with Gasteiger partial charge in [0.2, 0.25) is 17.7 Å². The molecule has 4 atom stereocenters. The molecule has 2 aromatic heterocycles. The summed E-state index contributed by atoms with van der Waals surface area (Å²) >= 11 is 0. The fourth-order valence-corrected chi connectivity index (χ4v) is 9.63. The molecule has 3 saturated heterocycles. The lowest BCUT2D eigenvalue weighted by atomic mass is 9.95. The molecule has 4 fully saturated rings. The van der Waals surface area contributed by atoms with Crippen molar-refractivity contribution in [1.82, 2.24) is 25.1 Å². The highest BCUT2D eigenvalue weighted by Gasteiger charge is 2.58. The van der Waals surface area contributed by atoms with E-state index >= 15 is 8.78 Å².